The maximum atomic E-state index is 11.7. The summed E-state index contributed by atoms with van der Waals surface area (Å²) in [4.78, 5) is 23.2. The molecule has 1 aromatic carbocycles. The minimum atomic E-state index is -0.239. The summed E-state index contributed by atoms with van der Waals surface area (Å²) in [5.74, 6) is -0.192. The number of nitrogens with two attached hydrogens (primary N) is 1. The summed E-state index contributed by atoms with van der Waals surface area (Å²) in [5, 5.41) is 6.59. The molecule has 0 bridgehead atoms. The fourth-order valence-corrected chi connectivity index (χ4v) is 1.62. The van der Waals surface area contributed by atoms with Crippen LogP contribution in [0.1, 0.15) is 6.42 Å². The summed E-state index contributed by atoms with van der Waals surface area (Å²) in [6.07, 6.45) is 1.59. The number of nitrogens with zero attached hydrogens (tertiary/aromatic N) is 3. The molecule has 0 fully saturated rings. The van der Waals surface area contributed by atoms with Crippen molar-refractivity contribution >= 4 is 17.3 Å². The van der Waals surface area contributed by atoms with Crippen LogP contribution in [0.5, 0.6) is 0 Å². The molecule has 2 aromatic rings. The number of benzene rings is 1. The highest BCUT2D eigenvalue weighted by Gasteiger charge is 2.06. The lowest BCUT2D eigenvalue weighted by Crippen LogP contribution is -2.25. The Kier molecular flexibility index (Phi) is 3.65. The molecule has 0 unspecified atom stereocenters. The van der Waals surface area contributed by atoms with Gasteiger partial charge in [0.1, 0.15) is 6.33 Å². The number of nitrogens with one attached hydrogen (secondary N) is 1. The maximum Gasteiger partial charge on any atom is 0.345 e. The van der Waals surface area contributed by atoms with Crippen LogP contribution < -0.4 is 16.7 Å². The predicted molar refractivity (Wildman–Crippen MR) is 71.6 cm³/mol. The third-order valence-electron chi connectivity index (χ3n) is 2.61. The highest BCUT2D eigenvalue weighted by atomic mass is 16.2. The molecule has 0 aliphatic rings. The Bertz CT molecular complexity index is 644. The highest BCUT2D eigenvalue weighted by Crippen LogP contribution is 2.11. The molecule has 19 heavy (non-hydrogen) atoms. The molecule has 1 heterocycles. The van der Waals surface area contributed by atoms with Crippen LogP contribution in [0.25, 0.3) is 0 Å². The first kappa shape index (κ1) is 12.9. The summed E-state index contributed by atoms with van der Waals surface area (Å²) in [7, 11) is 1.61. The second kappa shape index (κ2) is 5.38. The average molecular weight is 261 g/mol. The molecular formula is C12H15N5O2. The number of rotatable bonds is 4. The van der Waals surface area contributed by atoms with Gasteiger partial charge < -0.3 is 11.1 Å². The first-order chi connectivity index (χ1) is 9.06. The van der Waals surface area contributed by atoms with Crippen molar-refractivity contribution in [1.29, 1.82) is 0 Å². The van der Waals surface area contributed by atoms with E-state index in [1.165, 1.54) is 15.6 Å². The van der Waals surface area contributed by atoms with Crippen molar-refractivity contribution in [3.05, 3.63) is 41.1 Å². The Hall–Kier alpha value is -2.57. The fourth-order valence-electron chi connectivity index (χ4n) is 1.62. The monoisotopic (exact) mass is 261 g/mol. The van der Waals surface area contributed by atoms with Crippen molar-refractivity contribution in [3.63, 3.8) is 0 Å². The van der Waals surface area contributed by atoms with Crippen LogP contribution >= 0.6 is 0 Å². The molecule has 1 amide bonds. The predicted octanol–water partition coefficient (Wildman–Crippen LogP) is 0.193. The number of anilines is 2. The van der Waals surface area contributed by atoms with Gasteiger partial charge in [-0.2, -0.15) is 5.10 Å². The van der Waals surface area contributed by atoms with Crippen LogP contribution in [0.4, 0.5) is 11.4 Å². The summed E-state index contributed by atoms with van der Waals surface area (Å²) >= 11 is 0. The summed E-state index contributed by atoms with van der Waals surface area (Å²) in [6, 6.07) is 6.92. The van der Waals surface area contributed by atoms with E-state index >= 15 is 0 Å². The number of hydrogen-bond acceptors (Lipinski definition) is 4. The third kappa shape index (κ3) is 3.21. The molecule has 0 aliphatic carbocycles. The second-order valence-electron chi connectivity index (χ2n) is 4.17. The van der Waals surface area contributed by atoms with E-state index in [4.69, 9.17) is 5.73 Å². The van der Waals surface area contributed by atoms with Gasteiger partial charge in [0.25, 0.3) is 0 Å². The van der Waals surface area contributed by atoms with Crippen LogP contribution in [-0.2, 0) is 18.4 Å². The normalized spacial score (nSPS) is 10.4. The van der Waals surface area contributed by atoms with Crippen molar-refractivity contribution < 1.29 is 4.79 Å². The lowest BCUT2D eigenvalue weighted by atomic mass is 10.2. The molecule has 0 saturated carbocycles. The van der Waals surface area contributed by atoms with Gasteiger partial charge in [0.15, 0.2) is 0 Å². The number of aromatic nitrogens is 3. The molecule has 1 aromatic heterocycles. The number of aryl methyl sites for hydroxylation is 2. The average Bonchev–Trinajstić information content (AvgIpc) is 2.68. The van der Waals surface area contributed by atoms with Gasteiger partial charge in [-0.05, 0) is 18.2 Å². The van der Waals surface area contributed by atoms with Gasteiger partial charge in [0, 0.05) is 24.8 Å². The molecule has 2 rings (SSSR count). The zero-order chi connectivity index (χ0) is 13.8. The zero-order valence-corrected chi connectivity index (χ0v) is 10.5. The van der Waals surface area contributed by atoms with Crippen molar-refractivity contribution in [3.8, 4) is 0 Å². The summed E-state index contributed by atoms with van der Waals surface area (Å²) in [6.45, 7) is 0.244. The Morgan fingerprint density at radius 1 is 1.47 bits per heavy atom. The van der Waals surface area contributed by atoms with E-state index < -0.39 is 0 Å². The van der Waals surface area contributed by atoms with Gasteiger partial charge in [0.2, 0.25) is 5.91 Å². The van der Waals surface area contributed by atoms with Crippen LogP contribution in [0, 0.1) is 0 Å². The molecule has 7 nitrogen and oxygen atoms in total. The van der Waals surface area contributed by atoms with Crippen LogP contribution in [0.15, 0.2) is 35.4 Å². The van der Waals surface area contributed by atoms with Gasteiger partial charge >= 0.3 is 5.69 Å². The van der Waals surface area contributed by atoms with Gasteiger partial charge in [-0.1, -0.05) is 6.07 Å². The topological polar surface area (TPSA) is 94.9 Å². The first-order valence-corrected chi connectivity index (χ1v) is 5.80. The Morgan fingerprint density at radius 2 is 2.26 bits per heavy atom. The lowest BCUT2D eigenvalue weighted by Gasteiger charge is -2.05. The van der Waals surface area contributed by atoms with E-state index in [0.29, 0.717) is 11.4 Å². The smallest absolute Gasteiger partial charge is 0.345 e. The van der Waals surface area contributed by atoms with Crippen LogP contribution in [0.2, 0.25) is 0 Å². The SMILES string of the molecule is Cn1cnn(CCC(=O)Nc2cccc(N)c2)c1=O. The Morgan fingerprint density at radius 3 is 2.89 bits per heavy atom. The van der Waals surface area contributed by atoms with E-state index in [2.05, 4.69) is 10.4 Å². The van der Waals surface area contributed by atoms with Crippen LogP contribution in [0.3, 0.4) is 0 Å². The number of carbonyl (C=O) groups excluding carboxylic acids is 1. The van der Waals surface area contributed by atoms with Gasteiger partial charge in [-0.25, -0.2) is 9.48 Å². The molecular weight excluding hydrogens is 246 g/mol. The van der Waals surface area contributed by atoms with E-state index in [9.17, 15) is 9.59 Å². The molecule has 0 spiro atoms. The largest absolute Gasteiger partial charge is 0.399 e. The summed E-state index contributed by atoms with van der Waals surface area (Å²) in [5.41, 5.74) is 6.59. The molecule has 3 N–H and O–H groups in total. The number of hydrogen-bond donors (Lipinski definition) is 2. The Labute approximate surface area is 109 Å². The highest BCUT2D eigenvalue weighted by molar-refractivity contribution is 5.91. The van der Waals surface area contributed by atoms with E-state index in [1.54, 1.807) is 31.3 Å². The molecule has 0 radical (unpaired) electrons. The molecule has 0 aliphatic heterocycles. The Balaban J connectivity index is 1.92. The first-order valence-electron chi connectivity index (χ1n) is 5.80. The molecule has 100 valence electrons. The minimum absolute atomic E-state index is 0.172. The van der Waals surface area contributed by atoms with E-state index in [1.807, 2.05) is 0 Å². The van der Waals surface area contributed by atoms with Crippen LogP contribution in [-0.4, -0.2) is 20.3 Å². The zero-order valence-electron chi connectivity index (χ0n) is 10.5. The van der Waals surface area contributed by atoms with Crippen molar-refractivity contribution in [1.82, 2.24) is 14.3 Å². The fraction of sp³-hybridized carbons (Fsp3) is 0.250. The lowest BCUT2D eigenvalue weighted by molar-refractivity contribution is -0.116. The van der Waals surface area contributed by atoms with E-state index in [0.717, 1.165) is 0 Å². The van der Waals surface area contributed by atoms with Gasteiger partial charge in [0.05, 0.1) is 6.54 Å². The standard InChI is InChI=1S/C12H15N5O2/c1-16-8-14-17(12(16)19)6-5-11(18)15-10-4-2-3-9(13)7-10/h2-4,7-8H,5-6,13H2,1H3,(H,15,18). The maximum absolute atomic E-state index is 11.7. The van der Waals surface area contributed by atoms with E-state index in [-0.39, 0.29) is 24.6 Å². The third-order valence-corrected chi connectivity index (χ3v) is 2.61. The van der Waals surface area contributed by atoms with Crippen molar-refractivity contribution in [2.24, 2.45) is 7.05 Å². The number of nitrogen functional groups attached to an aromatic ring is 1. The molecule has 7 heteroatoms. The molecule has 0 atom stereocenters. The number of carbonyl (C=O) groups is 1. The molecule has 0 saturated heterocycles. The van der Waals surface area contributed by atoms with Crippen molar-refractivity contribution in [2.75, 3.05) is 11.1 Å². The quantitative estimate of drug-likeness (QED) is 0.768. The summed E-state index contributed by atoms with van der Waals surface area (Å²) < 4.78 is 2.61. The minimum Gasteiger partial charge on any atom is -0.399 e. The second-order valence-corrected chi connectivity index (χ2v) is 4.17. The van der Waals surface area contributed by atoms with Gasteiger partial charge in [-0.15, -0.1) is 0 Å². The number of amides is 1. The van der Waals surface area contributed by atoms with Gasteiger partial charge in [-0.3, -0.25) is 9.36 Å². The van der Waals surface area contributed by atoms with Crippen molar-refractivity contribution in [2.45, 2.75) is 13.0 Å².